The van der Waals surface area contributed by atoms with Crippen LogP contribution in [0.25, 0.3) is 0 Å². The summed E-state index contributed by atoms with van der Waals surface area (Å²) in [6.07, 6.45) is 3.39. The minimum atomic E-state index is -0.00604. The summed E-state index contributed by atoms with van der Waals surface area (Å²) in [5.41, 5.74) is 1.31. The molecule has 0 radical (unpaired) electrons. The highest BCUT2D eigenvalue weighted by atomic mass is 79.9. The molecule has 0 N–H and O–H groups in total. The highest BCUT2D eigenvalue weighted by Gasteiger charge is 2.24. The SMILES string of the molecule is CC(C)(COC1CCCCO1)c1ccc(Br)cc1. The number of hydrogen-bond donors (Lipinski definition) is 0. The fourth-order valence-electron chi connectivity index (χ4n) is 2.13. The molecule has 1 aromatic rings. The summed E-state index contributed by atoms with van der Waals surface area (Å²) in [6.45, 7) is 5.95. The Morgan fingerprint density at radius 2 is 2.00 bits per heavy atom. The van der Waals surface area contributed by atoms with Crippen LogP contribution >= 0.6 is 15.9 Å². The van der Waals surface area contributed by atoms with Gasteiger partial charge < -0.3 is 9.47 Å². The number of ether oxygens (including phenoxy) is 2. The van der Waals surface area contributed by atoms with Crippen LogP contribution < -0.4 is 0 Å². The van der Waals surface area contributed by atoms with E-state index >= 15 is 0 Å². The minimum Gasteiger partial charge on any atom is -0.353 e. The van der Waals surface area contributed by atoms with Crippen molar-refractivity contribution in [1.82, 2.24) is 0 Å². The summed E-state index contributed by atoms with van der Waals surface area (Å²) in [5, 5.41) is 0. The fourth-order valence-corrected chi connectivity index (χ4v) is 2.39. The van der Waals surface area contributed by atoms with Gasteiger partial charge in [-0.3, -0.25) is 0 Å². The van der Waals surface area contributed by atoms with Crippen LogP contribution in [0, 0.1) is 0 Å². The first kappa shape index (κ1) is 14.0. The molecular weight excluding hydrogens is 292 g/mol. The molecule has 1 aliphatic heterocycles. The number of halogens is 1. The van der Waals surface area contributed by atoms with Gasteiger partial charge in [0.1, 0.15) is 0 Å². The molecular formula is C15H21BrO2. The summed E-state index contributed by atoms with van der Waals surface area (Å²) >= 11 is 3.46. The smallest absolute Gasteiger partial charge is 0.157 e. The highest BCUT2D eigenvalue weighted by Crippen LogP contribution is 2.26. The van der Waals surface area contributed by atoms with E-state index in [0.29, 0.717) is 6.61 Å². The second-order valence-corrected chi connectivity index (χ2v) is 6.41. The summed E-state index contributed by atoms with van der Waals surface area (Å²) in [4.78, 5) is 0. The molecule has 1 heterocycles. The van der Waals surface area contributed by atoms with Gasteiger partial charge in [0.05, 0.1) is 6.61 Å². The zero-order valence-corrected chi connectivity index (χ0v) is 12.7. The molecule has 1 aromatic carbocycles. The van der Waals surface area contributed by atoms with Crippen LogP contribution in [0.4, 0.5) is 0 Å². The van der Waals surface area contributed by atoms with Gasteiger partial charge in [0.25, 0.3) is 0 Å². The van der Waals surface area contributed by atoms with Crippen LogP contribution in [-0.4, -0.2) is 19.5 Å². The third kappa shape index (κ3) is 3.81. The van der Waals surface area contributed by atoms with Crippen molar-refractivity contribution in [3.05, 3.63) is 34.3 Å². The maximum Gasteiger partial charge on any atom is 0.157 e. The molecule has 1 aliphatic rings. The first-order valence-electron chi connectivity index (χ1n) is 6.57. The van der Waals surface area contributed by atoms with Crippen LogP contribution in [0.15, 0.2) is 28.7 Å². The molecule has 2 nitrogen and oxygen atoms in total. The van der Waals surface area contributed by atoms with Gasteiger partial charge in [-0.1, -0.05) is 41.9 Å². The van der Waals surface area contributed by atoms with Crippen LogP contribution in [0.3, 0.4) is 0 Å². The number of hydrogen-bond acceptors (Lipinski definition) is 2. The van der Waals surface area contributed by atoms with Crippen molar-refractivity contribution >= 4 is 15.9 Å². The Kier molecular flexibility index (Phi) is 4.82. The Morgan fingerprint density at radius 3 is 2.61 bits per heavy atom. The molecule has 0 bridgehead atoms. The molecule has 18 heavy (non-hydrogen) atoms. The summed E-state index contributed by atoms with van der Waals surface area (Å²) in [5.74, 6) is 0. The monoisotopic (exact) mass is 312 g/mol. The molecule has 0 aromatic heterocycles. The third-order valence-electron chi connectivity index (χ3n) is 3.39. The Bertz CT molecular complexity index is 367. The van der Waals surface area contributed by atoms with Crippen molar-refractivity contribution in [1.29, 1.82) is 0 Å². The molecule has 1 saturated heterocycles. The Labute approximate surface area is 118 Å². The van der Waals surface area contributed by atoms with Crippen LogP contribution in [0.5, 0.6) is 0 Å². The van der Waals surface area contributed by atoms with Crippen LogP contribution in [0.2, 0.25) is 0 Å². The van der Waals surface area contributed by atoms with E-state index in [-0.39, 0.29) is 11.7 Å². The summed E-state index contributed by atoms with van der Waals surface area (Å²) in [6, 6.07) is 8.45. The van der Waals surface area contributed by atoms with Crippen molar-refractivity contribution in [2.24, 2.45) is 0 Å². The van der Waals surface area contributed by atoms with Crippen LogP contribution in [0.1, 0.15) is 38.7 Å². The molecule has 2 rings (SSSR count). The largest absolute Gasteiger partial charge is 0.353 e. The topological polar surface area (TPSA) is 18.5 Å². The molecule has 3 heteroatoms. The molecule has 0 saturated carbocycles. The molecule has 0 amide bonds. The van der Waals surface area contributed by atoms with Gasteiger partial charge in [0, 0.05) is 16.5 Å². The van der Waals surface area contributed by atoms with Gasteiger partial charge in [-0.15, -0.1) is 0 Å². The van der Waals surface area contributed by atoms with Crippen molar-refractivity contribution in [3.63, 3.8) is 0 Å². The lowest BCUT2D eigenvalue weighted by molar-refractivity contribution is -0.170. The molecule has 0 aliphatic carbocycles. The zero-order chi connectivity index (χ0) is 13.0. The Morgan fingerprint density at radius 1 is 1.28 bits per heavy atom. The van der Waals surface area contributed by atoms with Gasteiger partial charge in [-0.25, -0.2) is 0 Å². The predicted molar refractivity (Wildman–Crippen MR) is 76.7 cm³/mol. The Balaban J connectivity index is 1.91. The molecule has 1 fully saturated rings. The van der Waals surface area contributed by atoms with Crippen molar-refractivity contribution in [2.75, 3.05) is 13.2 Å². The van der Waals surface area contributed by atoms with Gasteiger partial charge in [-0.05, 0) is 37.0 Å². The quantitative estimate of drug-likeness (QED) is 0.826. The van der Waals surface area contributed by atoms with Crippen LogP contribution in [-0.2, 0) is 14.9 Å². The molecule has 1 unspecified atom stereocenters. The van der Waals surface area contributed by atoms with Crippen molar-refractivity contribution in [2.45, 2.75) is 44.8 Å². The second-order valence-electron chi connectivity index (χ2n) is 5.50. The maximum absolute atomic E-state index is 5.90. The van der Waals surface area contributed by atoms with E-state index in [1.807, 2.05) is 0 Å². The highest BCUT2D eigenvalue weighted by molar-refractivity contribution is 9.10. The van der Waals surface area contributed by atoms with E-state index in [2.05, 4.69) is 54.0 Å². The lowest BCUT2D eigenvalue weighted by atomic mass is 9.86. The van der Waals surface area contributed by atoms with Gasteiger partial charge >= 0.3 is 0 Å². The van der Waals surface area contributed by atoms with Gasteiger partial charge in [0.2, 0.25) is 0 Å². The summed E-state index contributed by atoms with van der Waals surface area (Å²) in [7, 11) is 0. The van der Waals surface area contributed by atoms with Gasteiger partial charge in [-0.2, -0.15) is 0 Å². The first-order valence-corrected chi connectivity index (χ1v) is 7.36. The standard InChI is InChI=1S/C15H21BrO2/c1-15(2,12-6-8-13(16)9-7-12)11-18-14-5-3-4-10-17-14/h6-9,14H,3-5,10-11H2,1-2H3. The van der Waals surface area contributed by atoms with E-state index < -0.39 is 0 Å². The maximum atomic E-state index is 5.90. The van der Waals surface area contributed by atoms with Gasteiger partial charge in [0.15, 0.2) is 6.29 Å². The minimum absolute atomic E-state index is 0.00604. The molecule has 1 atom stereocenters. The molecule has 100 valence electrons. The predicted octanol–water partition coefficient (Wildman–Crippen LogP) is 4.27. The summed E-state index contributed by atoms with van der Waals surface area (Å²) < 4.78 is 12.6. The van der Waals surface area contributed by atoms with E-state index in [1.54, 1.807) is 0 Å². The third-order valence-corrected chi connectivity index (χ3v) is 3.92. The lowest BCUT2D eigenvalue weighted by Crippen LogP contribution is -2.30. The molecule has 0 spiro atoms. The first-order chi connectivity index (χ1) is 8.58. The van der Waals surface area contributed by atoms with E-state index in [1.165, 1.54) is 12.0 Å². The lowest BCUT2D eigenvalue weighted by Gasteiger charge is -2.29. The van der Waals surface area contributed by atoms with E-state index in [0.717, 1.165) is 23.9 Å². The Hall–Kier alpha value is -0.380. The van der Waals surface area contributed by atoms with Crippen molar-refractivity contribution in [3.8, 4) is 0 Å². The average Bonchev–Trinajstić information content (AvgIpc) is 2.38. The fraction of sp³-hybridized carbons (Fsp3) is 0.600. The van der Waals surface area contributed by atoms with Crippen molar-refractivity contribution < 1.29 is 9.47 Å². The number of benzene rings is 1. The average molecular weight is 313 g/mol. The number of rotatable bonds is 4. The van der Waals surface area contributed by atoms with E-state index in [4.69, 9.17) is 9.47 Å². The second kappa shape index (κ2) is 6.18. The zero-order valence-electron chi connectivity index (χ0n) is 11.1. The normalized spacial score (nSPS) is 20.9. The van der Waals surface area contributed by atoms with E-state index in [9.17, 15) is 0 Å².